The van der Waals surface area contributed by atoms with E-state index in [1.165, 1.54) is 0 Å². The first-order chi connectivity index (χ1) is 12.9. The van der Waals surface area contributed by atoms with E-state index in [4.69, 9.17) is 34.1 Å². The van der Waals surface area contributed by atoms with Crippen LogP contribution in [-0.4, -0.2) is 33.6 Å². The van der Waals surface area contributed by atoms with Gasteiger partial charge in [-0.05, 0) is 37.0 Å². The fourth-order valence-electron chi connectivity index (χ4n) is 2.18. The number of rotatable bonds is 7. The van der Waals surface area contributed by atoms with Crippen LogP contribution in [0.15, 0.2) is 29.3 Å². The van der Waals surface area contributed by atoms with Crippen molar-refractivity contribution in [2.75, 3.05) is 18.0 Å². The van der Waals surface area contributed by atoms with Crippen LogP contribution in [0.2, 0.25) is 5.15 Å². The predicted molar refractivity (Wildman–Crippen MR) is 110 cm³/mol. The molecule has 0 aliphatic rings. The molecule has 28 heavy (non-hydrogen) atoms. The molecule has 1 amide bonds. The number of aromatic nitrogens is 2. The minimum absolute atomic E-state index is 0. The number of guanidine groups is 1. The van der Waals surface area contributed by atoms with Crippen LogP contribution in [0, 0.1) is 0 Å². The Morgan fingerprint density at radius 3 is 2.50 bits per heavy atom. The molecule has 0 radical (unpaired) electrons. The SMILES string of the molecule is Cl.NC(=NCCCCc1ccc(OO)cc1)NC(=O)c1nc(Cl)c(N)nc1N. The van der Waals surface area contributed by atoms with Crippen molar-refractivity contribution in [3.05, 3.63) is 40.7 Å². The monoisotopic (exact) mass is 429 g/mol. The van der Waals surface area contributed by atoms with Gasteiger partial charge in [0, 0.05) is 6.54 Å². The molecule has 0 saturated heterocycles. The number of hydrogen-bond donors (Lipinski definition) is 5. The molecule has 152 valence electrons. The highest BCUT2D eigenvalue weighted by molar-refractivity contribution is 6.31. The first-order valence-corrected chi connectivity index (χ1v) is 8.38. The first-order valence-electron chi connectivity index (χ1n) is 8.01. The molecule has 10 nitrogen and oxygen atoms in total. The molecule has 1 aromatic heterocycles. The number of nitrogen functional groups attached to an aromatic ring is 2. The molecule has 2 aromatic rings. The second kappa shape index (κ2) is 11.1. The lowest BCUT2D eigenvalue weighted by Gasteiger charge is -2.07. The normalized spacial score (nSPS) is 10.9. The number of aryl methyl sites for hydroxylation is 1. The maximum atomic E-state index is 12.1. The summed E-state index contributed by atoms with van der Waals surface area (Å²) in [5.41, 5.74) is 17.7. The van der Waals surface area contributed by atoms with Crippen molar-refractivity contribution in [3.63, 3.8) is 0 Å². The number of aliphatic imine (C=N–C) groups is 1. The van der Waals surface area contributed by atoms with Gasteiger partial charge in [0.15, 0.2) is 34.2 Å². The quantitative estimate of drug-likeness (QED) is 0.145. The van der Waals surface area contributed by atoms with Crippen molar-refractivity contribution in [2.45, 2.75) is 19.3 Å². The van der Waals surface area contributed by atoms with Crippen LogP contribution in [0.5, 0.6) is 5.75 Å². The minimum atomic E-state index is -0.672. The summed E-state index contributed by atoms with van der Waals surface area (Å²) in [4.78, 5) is 27.8. The summed E-state index contributed by atoms with van der Waals surface area (Å²) in [5, 5.41) is 10.8. The molecule has 0 aliphatic heterocycles. The zero-order valence-corrected chi connectivity index (χ0v) is 16.3. The maximum absolute atomic E-state index is 12.1. The number of anilines is 2. The average Bonchev–Trinajstić information content (AvgIpc) is 2.64. The third kappa shape index (κ3) is 6.72. The number of benzene rings is 1. The van der Waals surface area contributed by atoms with Crippen molar-refractivity contribution < 1.29 is 14.9 Å². The number of carbonyl (C=O) groups is 1. The maximum Gasteiger partial charge on any atom is 0.280 e. The summed E-state index contributed by atoms with van der Waals surface area (Å²) in [6, 6.07) is 7.09. The Kier molecular flexibility index (Phi) is 9.22. The van der Waals surface area contributed by atoms with E-state index in [-0.39, 0.29) is 40.8 Å². The Labute approximate surface area is 172 Å². The van der Waals surface area contributed by atoms with Crippen molar-refractivity contribution in [2.24, 2.45) is 10.7 Å². The summed E-state index contributed by atoms with van der Waals surface area (Å²) in [5.74, 6) is -0.557. The standard InChI is InChI=1S/C16H20ClN7O3.ClH/c17-12-14(19)23-13(18)11(22-12)15(25)24-16(20)21-8-2-1-3-9-4-6-10(27-26)7-5-9;/h4-7,26H,1-3,8H2,(H4,18,19,23)(H3,20,21,24,25);1H. The van der Waals surface area contributed by atoms with Gasteiger partial charge in [-0.1, -0.05) is 23.7 Å². The van der Waals surface area contributed by atoms with E-state index < -0.39 is 5.91 Å². The van der Waals surface area contributed by atoms with Crippen molar-refractivity contribution in [3.8, 4) is 5.75 Å². The molecule has 0 bridgehead atoms. The van der Waals surface area contributed by atoms with E-state index in [2.05, 4.69) is 25.2 Å². The van der Waals surface area contributed by atoms with E-state index >= 15 is 0 Å². The number of amides is 1. The number of nitrogens with two attached hydrogens (primary N) is 3. The number of halogens is 2. The molecule has 0 unspecified atom stereocenters. The fraction of sp³-hybridized carbons (Fsp3) is 0.250. The van der Waals surface area contributed by atoms with Gasteiger partial charge in [0.2, 0.25) is 0 Å². The molecule has 2 rings (SSSR count). The molecule has 8 N–H and O–H groups in total. The molecule has 0 fully saturated rings. The Hall–Kier alpha value is -2.82. The number of nitrogens with zero attached hydrogens (tertiary/aromatic N) is 3. The van der Waals surface area contributed by atoms with Gasteiger partial charge >= 0.3 is 0 Å². The summed E-state index contributed by atoms with van der Waals surface area (Å²) in [6.07, 6.45) is 2.48. The summed E-state index contributed by atoms with van der Waals surface area (Å²) < 4.78 is 0. The van der Waals surface area contributed by atoms with Gasteiger partial charge in [-0.3, -0.25) is 15.1 Å². The minimum Gasteiger partial charge on any atom is -0.382 e. The molecule has 0 saturated carbocycles. The van der Waals surface area contributed by atoms with E-state index in [1.807, 2.05) is 12.1 Å². The highest BCUT2D eigenvalue weighted by Gasteiger charge is 2.16. The second-order valence-corrected chi connectivity index (χ2v) is 5.90. The second-order valence-electron chi connectivity index (χ2n) is 5.55. The highest BCUT2D eigenvalue weighted by atomic mass is 35.5. The van der Waals surface area contributed by atoms with Crippen LogP contribution in [-0.2, 0) is 6.42 Å². The Balaban J connectivity index is 0.00000392. The van der Waals surface area contributed by atoms with Gasteiger partial charge in [0.1, 0.15) is 0 Å². The average molecular weight is 430 g/mol. The topological polar surface area (TPSA) is 175 Å². The number of carbonyl (C=O) groups excluding carboxylic acids is 1. The zero-order valence-electron chi connectivity index (χ0n) is 14.8. The lowest BCUT2D eigenvalue weighted by atomic mass is 10.1. The van der Waals surface area contributed by atoms with Crippen LogP contribution in [0.4, 0.5) is 11.6 Å². The van der Waals surface area contributed by atoms with Gasteiger partial charge in [-0.25, -0.2) is 15.2 Å². The Morgan fingerprint density at radius 2 is 1.86 bits per heavy atom. The van der Waals surface area contributed by atoms with Gasteiger partial charge < -0.3 is 22.1 Å². The third-order valence-corrected chi connectivity index (χ3v) is 3.82. The molecule has 0 atom stereocenters. The molecule has 1 aromatic carbocycles. The Bertz CT molecular complexity index is 832. The van der Waals surface area contributed by atoms with E-state index in [1.54, 1.807) is 12.1 Å². The predicted octanol–water partition coefficient (Wildman–Crippen LogP) is 1.64. The highest BCUT2D eigenvalue weighted by Crippen LogP contribution is 2.17. The van der Waals surface area contributed by atoms with Crippen LogP contribution >= 0.6 is 24.0 Å². The van der Waals surface area contributed by atoms with Crippen LogP contribution in [0.25, 0.3) is 0 Å². The fourth-order valence-corrected chi connectivity index (χ4v) is 2.31. The van der Waals surface area contributed by atoms with Gasteiger partial charge in [0.25, 0.3) is 5.91 Å². The largest absolute Gasteiger partial charge is 0.382 e. The van der Waals surface area contributed by atoms with Gasteiger partial charge in [-0.2, -0.15) is 0 Å². The Morgan fingerprint density at radius 1 is 1.18 bits per heavy atom. The molecule has 0 aliphatic carbocycles. The van der Waals surface area contributed by atoms with Crippen LogP contribution in [0.1, 0.15) is 28.9 Å². The van der Waals surface area contributed by atoms with Gasteiger partial charge in [0.05, 0.1) is 0 Å². The van der Waals surface area contributed by atoms with Crippen molar-refractivity contribution in [1.29, 1.82) is 0 Å². The molecule has 1 heterocycles. The van der Waals surface area contributed by atoms with Crippen molar-refractivity contribution >= 4 is 47.5 Å². The number of hydrogen-bond acceptors (Lipinski definition) is 8. The lowest BCUT2D eigenvalue weighted by molar-refractivity contribution is -0.137. The smallest absolute Gasteiger partial charge is 0.280 e. The number of nitrogens with one attached hydrogen (secondary N) is 1. The summed E-state index contributed by atoms with van der Waals surface area (Å²) >= 11 is 5.74. The van der Waals surface area contributed by atoms with Crippen LogP contribution in [0.3, 0.4) is 0 Å². The molecule has 0 spiro atoms. The third-order valence-electron chi connectivity index (χ3n) is 3.55. The van der Waals surface area contributed by atoms with Crippen LogP contribution < -0.4 is 27.4 Å². The lowest BCUT2D eigenvalue weighted by Crippen LogP contribution is -2.38. The molecule has 12 heteroatoms. The van der Waals surface area contributed by atoms with E-state index in [9.17, 15) is 4.79 Å². The first kappa shape index (κ1) is 23.2. The molecular formula is C16H21Cl2N7O3. The number of unbranched alkanes of at least 4 members (excludes halogenated alkanes) is 1. The van der Waals surface area contributed by atoms with Crippen molar-refractivity contribution in [1.82, 2.24) is 15.3 Å². The van der Waals surface area contributed by atoms with E-state index in [0.717, 1.165) is 24.8 Å². The summed E-state index contributed by atoms with van der Waals surface area (Å²) in [6.45, 7) is 0.438. The van der Waals surface area contributed by atoms with Gasteiger partial charge in [-0.15, -0.1) is 12.4 Å². The molecular weight excluding hydrogens is 409 g/mol. The summed E-state index contributed by atoms with van der Waals surface area (Å²) in [7, 11) is 0. The van der Waals surface area contributed by atoms with E-state index in [0.29, 0.717) is 12.3 Å². The zero-order chi connectivity index (χ0) is 19.8.